The van der Waals surface area contributed by atoms with E-state index in [4.69, 9.17) is 4.74 Å². The van der Waals surface area contributed by atoms with Crippen molar-refractivity contribution in [2.75, 3.05) is 11.5 Å². The first-order valence-electron chi connectivity index (χ1n) is 14.0. The molecule has 0 saturated carbocycles. The molecule has 5 N–H and O–H groups in total. The summed E-state index contributed by atoms with van der Waals surface area (Å²) in [6.07, 6.45) is -4.79. The summed E-state index contributed by atoms with van der Waals surface area (Å²) in [5.74, 6) is -0.713. The van der Waals surface area contributed by atoms with Crippen LogP contribution < -0.4 is 4.90 Å². The predicted octanol–water partition coefficient (Wildman–Crippen LogP) is 2.82. The maximum absolute atomic E-state index is 13.3. The van der Waals surface area contributed by atoms with Gasteiger partial charge in [-0.15, -0.1) is 0 Å². The number of benzene rings is 3. The number of nitrogens with zero attached hydrogens (tertiary/aromatic N) is 1. The zero-order valence-corrected chi connectivity index (χ0v) is 22.5. The smallest absolute Gasteiger partial charge is 0.233 e. The number of hydrogen-bond donors (Lipinski definition) is 5. The lowest BCUT2D eigenvalue weighted by atomic mass is 9.78. The summed E-state index contributed by atoms with van der Waals surface area (Å²) in [7, 11) is 0. The second-order valence-corrected chi connectivity index (χ2v) is 10.9. The zero-order valence-electron chi connectivity index (χ0n) is 22.5. The number of aryl methyl sites for hydroxylation is 1. The lowest BCUT2D eigenvalue weighted by Crippen LogP contribution is -2.58. The Morgan fingerprint density at radius 1 is 0.829 bits per heavy atom. The third kappa shape index (κ3) is 6.21. The van der Waals surface area contributed by atoms with Gasteiger partial charge in [-0.2, -0.15) is 0 Å². The number of para-hydroxylation sites is 1. The Morgan fingerprint density at radius 2 is 1.49 bits per heavy atom. The maximum atomic E-state index is 13.3. The van der Waals surface area contributed by atoms with Crippen molar-refractivity contribution >= 4 is 11.6 Å². The van der Waals surface area contributed by atoms with Crippen molar-refractivity contribution in [2.45, 2.75) is 68.3 Å². The number of ether oxygens (including phenoxy) is 1. The molecule has 2 aliphatic rings. The molecule has 0 radical (unpaired) electrons. The van der Waals surface area contributed by atoms with E-state index in [1.807, 2.05) is 54.6 Å². The second kappa shape index (κ2) is 12.8. The summed E-state index contributed by atoms with van der Waals surface area (Å²) in [6.45, 7) is -0.462. The number of rotatable bonds is 10. The molecule has 2 aliphatic heterocycles. The van der Waals surface area contributed by atoms with E-state index in [0.717, 1.165) is 16.8 Å². The number of β-lactam (4-membered cyclic amide) rings is 1. The molecule has 3 aromatic carbocycles. The topological polar surface area (TPSA) is 131 Å². The number of aliphatic hydroxyl groups excluding tert-OH is 5. The van der Waals surface area contributed by atoms with Crippen LogP contribution in [0.2, 0.25) is 0 Å². The molecule has 8 atom stereocenters. The number of carbonyl (C=O) groups excluding carboxylic acids is 1. The highest BCUT2D eigenvalue weighted by Crippen LogP contribution is 2.46. The van der Waals surface area contributed by atoms with Crippen LogP contribution in [0.15, 0.2) is 78.9 Å². The molecule has 0 aliphatic carbocycles. The van der Waals surface area contributed by atoms with E-state index in [2.05, 4.69) is 0 Å². The lowest BCUT2D eigenvalue weighted by Gasteiger charge is -2.48. The molecule has 3 aromatic rings. The van der Waals surface area contributed by atoms with Gasteiger partial charge in [0.05, 0.1) is 30.8 Å². The molecule has 1 amide bonds. The molecule has 0 unspecified atom stereocenters. The van der Waals surface area contributed by atoms with Crippen LogP contribution in [0.25, 0.3) is 0 Å². The van der Waals surface area contributed by atoms with Crippen LogP contribution in [-0.2, 0) is 16.0 Å². The highest BCUT2D eigenvalue weighted by Gasteiger charge is 2.48. The van der Waals surface area contributed by atoms with Gasteiger partial charge in [-0.25, -0.2) is 4.39 Å². The van der Waals surface area contributed by atoms with Crippen molar-refractivity contribution in [3.05, 3.63) is 101 Å². The minimum absolute atomic E-state index is 0.0146. The van der Waals surface area contributed by atoms with Crippen LogP contribution in [0.3, 0.4) is 0 Å². The van der Waals surface area contributed by atoms with E-state index in [1.165, 1.54) is 12.1 Å². The molecule has 2 fully saturated rings. The molecule has 218 valence electrons. The maximum Gasteiger partial charge on any atom is 0.233 e. The van der Waals surface area contributed by atoms with Gasteiger partial charge in [0.1, 0.15) is 30.2 Å². The van der Waals surface area contributed by atoms with Gasteiger partial charge < -0.3 is 35.2 Å². The fourth-order valence-corrected chi connectivity index (χ4v) is 5.88. The Balaban J connectivity index is 1.27. The van der Waals surface area contributed by atoms with Crippen LogP contribution in [0.1, 0.15) is 48.1 Å². The third-order valence-corrected chi connectivity index (χ3v) is 8.28. The average molecular weight is 566 g/mol. The molecule has 2 heterocycles. The van der Waals surface area contributed by atoms with Crippen LogP contribution in [0, 0.1) is 11.7 Å². The minimum atomic E-state index is -1.40. The molecule has 8 nitrogen and oxygen atoms in total. The summed E-state index contributed by atoms with van der Waals surface area (Å²) >= 11 is 0. The average Bonchev–Trinajstić information content (AvgIpc) is 2.99. The summed E-state index contributed by atoms with van der Waals surface area (Å²) in [5.41, 5.74) is 3.32. The number of anilines is 1. The summed E-state index contributed by atoms with van der Waals surface area (Å²) in [6, 6.07) is 22.8. The lowest BCUT2D eigenvalue weighted by molar-refractivity contribution is -0.230. The van der Waals surface area contributed by atoms with Crippen molar-refractivity contribution in [3.8, 4) is 0 Å². The van der Waals surface area contributed by atoms with Crippen LogP contribution in [0.5, 0.6) is 0 Å². The first kappa shape index (κ1) is 29.3. The van der Waals surface area contributed by atoms with Crippen LogP contribution >= 0.6 is 0 Å². The monoisotopic (exact) mass is 565 g/mol. The van der Waals surface area contributed by atoms with Crippen molar-refractivity contribution in [3.63, 3.8) is 0 Å². The van der Waals surface area contributed by atoms with E-state index < -0.39 is 43.2 Å². The van der Waals surface area contributed by atoms with Crippen molar-refractivity contribution < 1.29 is 39.5 Å². The van der Waals surface area contributed by atoms with Crippen molar-refractivity contribution in [1.29, 1.82) is 0 Å². The van der Waals surface area contributed by atoms with Crippen LogP contribution in [-0.4, -0.2) is 68.6 Å². The Labute approximate surface area is 238 Å². The summed E-state index contributed by atoms with van der Waals surface area (Å²) in [5, 5.41) is 50.5. The second-order valence-electron chi connectivity index (χ2n) is 10.9. The Hall–Kier alpha value is -3.18. The largest absolute Gasteiger partial charge is 0.394 e. The van der Waals surface area contributed by atoms with E-state index >= 15 is 0 Å². The van der Waals surface area contributed by atoms with Gasteiger partial charge in [-0.3, -0.25) is 4.79 Å². The predicted molar refractivity (Wildman–Crippen MR) is 149 cm³/mol. The van der Waals surface area contributed by atoms with E-state index in [1.54, 1.807) is 17.0 Å². The molecule has 0 bridgehead atoms. The Morgan fingerprint density at radius 3 is 2.15 bits per heavy atom. The van der Waals surface area contributed by atoms with Gasteiger partial charge >= 0.3 is 0 Å². The van der Waals surface area contributed by atoms with Crippen molar-refractivity contribution in [2.24, 2.45) is 5.92 Å². The number of aliphatic hydroxyl groups is 5. The molecule has 0 spiro atoms. The van der Waals surface area contributed by atoms with Gasteiger partial charge in [0, 0.05) is 5.69 Å². The SMILES string of the molecule is O=C1[C@H](CC[C@H](O)c2ccc(F)cc2)[C@@H](c2ccc(CC[C@@H]3O[C@H](CO)[C@@H](O)[C@H](O)[C@H]3O)cc2)N1c1ccccc1. The van der Waals surface area contributed by atoms with E-state index in [9.17, 15) is 34.7 Å². The number of halogens is 1. The number of amides is 1. The van der Waals surface area contributed by atoms with Gasteiger partial charge in [-0.05, 0) is 66.6 Å². The highest BCUT2D eigenvalue weighted by atomic mass is 19.1. The van der Waals surface area contributed by atoms with Crippen LogP contribution in [0.4, 0.5) is 10.1 Å². The third-order valence-electron chi connectivity index (χ3n) is 8.28. The van der Waals surface area contributed by atoms with E-state index in [-0.39, 0.29) is 23.7 Å². The van der Waals surface area contributed by atoms with Gasteiger partial charge in [0.15, 0.2) is 0 Å². The Kier molecular flexibility index (Phi) is 9.13. The molecule has 41 heavy (non-hydrogen) atoms. The van der Waals surface area contributed by atoms with E-state index in [0.29, 0.717) is 31.2 Å². The van der Waals surface area contributed by atoms with Gasteiger partial charge in [0.25, 0.3) is 0 Å². The molecular formula is C32H36FNO7. The fourth-order valence-electron chi connectivity index (χ4n) is 5.88. The first-order valence-corrected chi connectivity index (χ1v) is 14.0. The summed E-state index contributed by atoms with van der Waals surface area (Å²) < 4.78 is 18.9. The number of carbonyl (C=O) groups is 1. The van der Waals surface area contributed by atoms with Gasteiger partial charge in [-0.1, -0.05) is 54.6 Å². The Bertz CT molecular complexity index is 1290. The molecule has 5 rings (SSSR count). The normalized spacial score (nSPS) is 28.8. The molecule has 9 heteroatoms. The highest BCUT2D eigenvalue weighted by molar-refractivity contribution is 6.03. The fraction of sp³-hybridized carbons (Fsp3) is 0.406. The molecular weight excluding hydrogens is 529 g/mol. The van der Waals surface area contributed by atoms with Crippen molar-refractivity contribution in [1.82, 2.24) is 0 Å². The summed E-state index contributed by atoms with van der Waals surface area (Å²) in [4.78, 5) is 15.1. The molecule has 2 saturated heterocycles. The quantitative estimate of drug-likeness (QED) is 0.239. The molecule has 0 aromatic heterocycles. The van der Waals surface area contributed by atoms with Gasteiger partial charge in [0.2, 0.25) is 5.91 Å². The first-order chi connectivity index (χ1) is 19.8. The minimum Gasteiger partial charge on any atom is -0.394 e. The number of hydrogen-bond acceptors (Lipinski definition) is 7. The zero-order chi connectivity index (χ0) is 29.1. The standard InChI is InChI=1S/C32H36FNO7/c33-22-13-11-20(12-14-22)25(36)16-15-24-28(34(32(24)40)23-4-2-1-3-5-23)21-9-6-19(7-10-21)8-17-26-29(37)31(39)30(38)27(18-35)41-26/h1-7,9-14,24-31,35-39H,8,15-18H2/t24-,25+,26+,27-,28-,29+,30-,31-/m1/s1.